The molecule has 2 atom stereocenters. The molecule has 164 valence electrons. The van der Waals surface area contributed by atoms with Gasteiger partial charge in [-0.2, -0.15) is 0 Å². The average molecular weight is 424 g/mol. The second kappa shape index (κ2) is 8.32. The molecule has 2 aromatic rings. The molecule has 0 bridgehead atoms. The maximum atomic E-state index is 12.7. The number of carbonyl (C=O) groups excluding carboxylic acids is 2. The Morgan fingerprint density at radius 2 is 1.77 bits per heavy atom. The molecule has 0 radical (unpaired) electrons. The highest BCUT2D eigenvalue weighted by atomic mass is 16.5. The van der Waals surface area contributed by atoms with Crippen LogP contribution in [0.2, 0.25) is 0 Å². The predicted molar refractivity (Wildman–Crippen MR) is 116 cm³/mol. The molecule has 2 aliphatic heterocycles. The Balaban J connectivity index is 1.65. The fraction of sp³-hybridized carbons (Fsp3) is 0.417. The van der Waals surface area contributed by atoms with Gasteiger partial charge in [0.15, 0.2) is 0 Å². The number of nitrogens with zero attached hydrogens (tertiary/aromatic N) is 2. The summed E-state index contributed by atoms with van der Waals surface area (Å²) in [5.41, 5.74) is 2.58. The van der Waals surface area contributed by atoms with E-state index >= 15 is 0 Å². The maximum Gasteiger partial charge on any atom is 0.249 e. The maximum absolute atomic E-state index is 12.7. The van der Waals surface area contributed by atoms with Crippen molar-refractivity contribution in [3.63, 3.8) is 0 Å². The number of amides is 2. The van der Waals surface area contributed by atoms with Crippen molar-refractivity contribution in [2.24, 2.45) is 0 Å². The summed E-state index contributed by atoms with van der Waals surface area (Å²) in [5, 5.41) is 10.1. The number of aliphatic hydroxyl groups is 1. The first kappa shape index (κ1) is 21.3. The van der Waals surface area contributed by atoms with E-state index in [1.165, 1.54) is 14.0 Å². The Hall–Kier alpha value is -2.90. The minimum atomic E-state index is -0.499. The van der Waals surface area contributed by atoms with E-state index in [9.17, 15) is 14.7 Å². The Kier molecular flexibility index (Phi) is 5.73. The summed E-state index contributed by atoms with van der Waals surface area (Å²) in [6.07, 6.45) is 0. The number of para-hydroxylation sites is 1. The third-order valence-electron chi connectivity index (χ3n) is 6.56. The Bertz CT molecular complexity index is 968. The fourth-order valence-corrected chi connectivity index (χ4v) is 5.19. The third kappa shape index (κ3) is 3.38. The Morgan fingerprint density at radius 1 is 1.10 bits per heavy atom. The smallest absolute Gasteiger partial charge is 0.249 e. The zero-order valence-electron chi connectivity index (χ0n) is 18.1. The number of rotatable bonds is 6. The van der Waals surface area contributed by atoms with Crippen LogP contribution in [0.15, 0.2) is 48.5 Å². The lowest BCUT2D eigenvalue weighted by molar-refractivity contribution is -0.204. The summed E-state index contributed by atoms with van der Waals surface area (Å²) in [5.74, 6) is 0.575. The van der Waals surface area contributed by atoms with Gasteiger partial charge in [0.1, 0.15) is 12.4 Å². The van der Waals surface area contributed by atoms with E-state index in [0.717, 1.165) is 22.4 Å². The van der Waals surface area contributed by atoms with Gasteiger partial charge in [-0.3, -0.25) is 9.59 Å². The topological polar surface area (TPSA) is 79.3 Å². The molecule has 2 aliphatic rings. The van der Waals surface area contributed by atoms with Crippen LogP contribution in [-0.2, 0) is 14.3 Å². The van der Waals surface area contributed by atoms with Gasteiger partial charge in [-0.05, 0) is 17.2 Å². The zero-order valence-corrected chi connectivity index (χ0v) is 18.1. The molecular formula is C24H28N2O5. The average Bonchev–Trinajstić information content (AvgIpc) is 2.72. The van der Waals surface area contributed by atoms with Crippen molar-refractivity contribution >= 4 is 11.8 Å². The SMILES string of the molecule is COCC(=O)N1[C@@H](CO)[C@@H](c2ccc(-c3ccccc3OC)cc2)C12CN(C(C)=O)C2. The first-order chi connectivity index (χ1) is 15.0. The molecule has 2 amide bonds. The number of hydrogen-bond donors (Lipinski definition) is 1. The van der Waals surface area contributed by atoms with E-state index in [1.54, 1.807) is 16.9 Å². The fourth-order valence-electron chi connectivity index (χ4n) is 5.19. The first-order valence-corrected chi connectivity index (χ1v) is 10.4. The van der Waals surface area contributed by atoms with Crippen LogP contribution in [0.25, 0.3) is 11.1 Å². The van der Waals surface area contributed by atoms with Crippen LogP contribution in [0.4, 0.5) is 0 Å². The minimum absolute atomic E-state index is 0.0116. The van der Waals surface area contributed by atoms with Gasteiger partial charge in [-0.15, -0.1) is 0 Å². The summed E-state index contributed by atoms with van der Waals surface area (Å²) in [6, 6.07) is 15.7. The largest absolute Gasteiger partial charge is 0.496 e. The lowest BCUT2D eigenvalue weighted by Gasteiger charge is -2.70. The Labute approximate surface area is 182 Å². The van der Waals surface area contributed by atoms with Crippen molar-refractivity contribution in [2.45, 2.75) is 24.4 Å². The number of benzene rings is 2. The molecule has 0 aliphatic carbocycles. The van der Waals surface area contributed by atoms with Gasteiger partial charge in [-0.1, -0.05) is 42.5 Å². The molecule has 2 aromatic carbocycles. The van der Waals surface area contributed by atoms with Gasteiger partial charge in [0.25, 0.3) is 0 Å². The number of likely N-dealkylation sites (tertiary alicyclic amines) is 2. The van der Waals surface area contributed by atoms with Crippen molar-refractivity contribution in [3.8, 4) is 16.9 Å². The van der Waals surface area contributed by atoms with Gasteiger partial charge < -0.3 is 24.4 Å². The number of hydrogen-bond acceptors (Lipinski definition) is 5. The van der Waals surface area contributed by atoms with Gasteiger partial charge in [0, 0.05) is 38.6 Å². The van der Waals surface area contributed by atoms with Crippen LogP contribution in [0.5, 0.6) is 5.75 Å². The lowest BCUT2D eigenvalue weighted by atomic mass is 9.60. The highest BCUT2D eigenvalue weighted by molar-refractivity contribution is 5.83. The third-order valence-corrected chi connectivity index (χ3v) is 6.56. The highest BCUT2D eigenvalue weighted by Crippen LogP contribution is 2.54. The number of aliphatic hydroxyl groups excluding tert-OH is 1. The summed E-state index contributed by atoms with van der Waals surface area (Å²) in [4.78, 5) is 28.1. The second-order valence-corrected chi connectivity index (χ2v) is 8.23. The van der Waals surface area contributed by atoms with Gasteiger partial charge >= 0.3 is 0 Å². The molecule has 2 fully saturated rings. The van der Waals surface area contributed by atoms with E-state index < -0.39 is 5.54 Å². The van der Waals surface area contributed by atoms with E-state index in [-0.39, 0.29) is 37.0 Å². The second-order valence-electron chi connectivity index (χ2n) is 8.23. The summed E-state index contributed by atoms with van der Waals surface area (Å²) < 4.78 is 10.5. The molecule has 4 rings (SSSR count). The lowest BCUT2D eigenvalue weighted by Crippen LogP contribution is -2.86. The monoisotopic (exact) mass is 424 g/mol. The molecule has 1 N–H and O–H groups in total. The first-order valence-electron chi connectivity index (χ1n) is 10.4. The van der Waals surface area contributed by atoms with Gasteiger partial charge in [0.2, 0.25) is 11.8 Å². The van der Waals surface area contributed by atoms with Crippen LogP contribution in [0.3, 0.4) is 0 Å². The highest BCUT2D eigenvalue weighted by Gasteiger charge is 2.67. The molecule has 7 nitrogen and oxygen atoms in total. The molecule has 31 heavy (non-hydrogen) atoms. The van der Waals surface area contributed by atoms with Crippen molar-refractivity contribution in [2.75, 3.05) is 40.5 Å². The van der Waals surface area contributed by atoms with Crippen molar-refractivity contribution in [1.29, 1.82) is 0 Å². The van der Waals surface area contributed by atoms with Crippen molar-refractivity contribution in [1.82, 2.24) is 9.80 Å². The number of methoxy groups -OCH3 is 2. The van der Waals surface area contributed by atoms with E-state index in [2.05, 4.69) is 0 Å². The normalized spacial score (nSPS) is 21.4. The summed E-state index contributed by atoms with van der Waals surface area (Å²) >= 11 is 0. The summed E-state index contributed by atoms with van der Waals surface area (Å²) in [6.45, 7) is 2.28. The molecular weight excluding hydrogens is 396 g/mol. The standard InChI is InChI=1S/C24H28N2O5/c1-16(28)25-14-24(15-25)23(20(12-27)26(24)22(29)13-30-2)18-10-8-17(9-11-18)19-6-4-5-7-21(19)31-3/h4-11,20,23,27H,12-15H2,1-3H3/t20-,23+/m0/s1. The molecule has 2 saturated heterocycles. The minimum Gasteiger partial charge on any atom is -0.496 e. The van der Waals surface area contributed by atoms with Crippen LogP contribution >= 0.6 is 0 Å². The molecule has 0 unspecified atom stereocenters. The molecule has 0 saturated carbocycles. The molecule has 1 spiro atoms. The van der Waals surface area contributed by atoms with E-state index in [4.69, 9.17) is 9.47 Å². The van der Waals surface area contributed by atoms with Crippen LogP contribution in [0.1, 0.15) is 18.4 Å². The van der Waals surface area contributed by atoms with E-state index in [0.29, 0.717) is 13.1 Å². The molecule has 7 heteroatoms. The van der Waals surface area contributed by atoms with Crippen LogP contribution in [-0.4, -0.2) is 78.8 Å². The van der Waals surface area contributed by atoms with Crippen LogP contribution in [0, 0.1) is 0 Å². The number of ether oxygens (including phenoxy) is 2. The van der Waals surface area contributed by atoms with E-state index in [1.807, 2.05) is 48.5 Å². The van der Waals surface area contributed by atoms with Gasteiger partial charge in [-0.25, -0.2) is 0 Å². The van der Waals surface area contributed by atoms with Crippen LogP contribution < -0.4 is 4.74 Å². The quantitative estimate of drug-likeness (QED) is 0.766. The van der Waals surface area contributed by atoms with Crippen molar-refractivity contribution in [3.05, 3.63) is 54.1 Å². The Morgan fingerprint density at radius 3 is 2.35 bits per heavy atom. The molecule has 0 aromatic heterocycles. The summed E-state index contributed by atoms with van der Waals surface area (Å²) in [7, 11) is 3.13. The van der Waals surface area contributed by atoms with Gasteiger partial charge in [0.05, 0.1) is 25.3 Å². The predicted octanol–water partition coefficient (Wildman–Crippen LogP) is 1.90. The molecule has 2 heterocycles. The number of carbonyl (C=O) groups is 2. The van der Waals surface area contributed by atoms with Crippen molar-refractivity contribution < 1.29 is 24.2 Å². The zero-order chi connectivity index (χ0) is 22.2.